The fourth-order valence-corrected chi connectivity index (χ4v) is 1.73. The van der Waals surface area contributed by atoms with Gasteiger partial charge in [0.1, 0.15) is 17.1 Å². The fourth-order valence-electron chi connectivity index (χ4n) is 1.73. The van der Waals surface area contributed by atoms with Crippen LogP contribution in [0.1, 0.15) is 15.9 Å². The first-order valence-electron chi connectivity index (χ1n) is 6.05. The van der Waals surface area contributed by atoms with Crippen LogP contribution in [-0.2, 0) is 6.18 Å². The second kappa shape index (κ2) is 6.30. The Morgan fingerprint density at radius 2 is 1.28 bits per heavy atom. The molecule has 134 valence electrons. The van der Waals surface area contributed by atoms with Gasteiger partial charge in [0.05, 0.1) is 5.56 Å². The van der Waals surface area contributed by atoms with Gasteiger partial charge in [0.15, 0.2) is 23.3 Å². The maximum Gasteiger partial charge on any atom is 0.419 e. The zero-order valence-corrected chi connectivity index (χ0v) is 11.5. The molecule has 0 saturated carbocycles. The van der Waals surface area contributed by atoms with Gasteiger partial charge in [0.25, 0.3) is 0 Å². The molecule has 0 saturated heterocycles. The Morgan fingerprint density at radius 3 is 1.76 bits per heavy atom. The molecule has 0 atom stereocenters. The minimum Gasteiger partial charge on any atom is -0.423 e. The summed E-state index contributed by atoms with van der Waals surface area (Å²) in [5, 5.41) is 0. The molecule has 0 spiro atoms. The zero-order valence-electron chi connectivity index (χ0n) is 11.5. The molecule has 0 N–H and O–H groups in total. The van der Waals surface area contributed by atoms with Crippen LogP contribution < -0.4 is 4.74 Å². The van der Waals surface area contributed by atoms with Crippen molar-refractivity contribution < 1.29 is 49.0 Å². The van der Waals surface area contributed by atoms with Crippen molar-refractivity contribution in [3.05, 3.63) is 64.2 Å². The monoisotopic (exact) mass is 374 g/mol. The van der Waals surface area contributed by atoms with Crippen LogP contribution in [0.2, 0.25) is 0 Å². The van der Waals surface area contributed by atoms with Crippen molar-refractivity contribution in [3.8, 4) is 5.75 Å². The lowest BCUT2D eigenvalue weighted by Crippen LogP contribution is -2.18. The molecule has 2 rings (SSSR count). The highest BCUT2D eigenvalue weighted by Gasteiger charge is 2.35. The van der Waals surface area contributed by atoms with E-state index in [9.17, 15) is 44.3 Å². The van der Waals surface area contributed by atoms with Gasteiger partial charge in [-0.2, -0.15) is 13.2 Å². The van der Waals surface area contributed by atoms with E-state index in [4.69, 9.17) is 0 Å². The van der Waals surface area contributed by atoms with Crippen molar-refractivity contribution in [1.82, 2.24) is 0 Å². The maximum atomic E-state index is 13.4. The summed E-state index contributed by atoms with van der Waals surface area (Å²) in [7, 11) is 0. The molecule has 2 nitrogen and oxygen atoms in total. The summed E-state index contributed by atoms with van der Waals surface area (Å²) in [4.78, 5) is 11.6. The average Bonchev–Trinajstić information content (AvgIpc) is 2.52. The van der Waals surface area contributed by atoms with Crippen molar-refractivity contribution >= 4 is 5.97 Å². The molecule has 0 unspecified atom stereocenters. The molecule has 0 aliphatic heterocycles. The van der Waals surface area contributed by atoms with Crippen molar-refractivity contribution in [2.24, 2.45) is 0 Å². The second-order valence-corrected chi connectivity index (χ2v) is 4.47. The minimum atomic E-state index is -5.18. The van der Waals surface area contributed by atoms with Gasteiger partial charge in [0.2, 0.25) is 5.82 Å². The molecule has 0 aliphatic carbocycles. The van der Waals surface area contributed by atoms with Gasteiger partial charge in [0, 0.05) is 0 Å². The van der Waals surface area contributed by atoms with Gasteiger partial charge in [-0.1, -0.05) is 0 Å². The normalized spacial score (nSPS) is 11.6. The molecule has 0 radical (unpaired) electrons. The fraction of sp³-hybridized carbons (Fsp3) is 0.0714. The van der Waals surface area contributed by atoms with Crippen LogP contribution in [0.5, 0.6) is 5.75 Å². The van der Waals surface area contributed by atoms with Gasteiger partial charge in [-0.25, -0.2) is 31.1 Å². The largest absolute Gasteiger partial charge is 0.423 e. The number of ether oxygens (including phenoxy) is 1. The van der Waals surface area contributed by atoms with Crippen LogP contribution in [-0.4, -0.2) is 5.97 Å². The summed E-state index contributed by atoms with van der Waals surface area (Å²) in [6.45, 7) is 0. The van der Waals surface area contributed by atoms with E-state index in [0.717, 1.165) is 0 Å². The van der Waals surface area contributed by atoms with Crippen LogP contribution in [0.25, 0.3) is 0 Å². The number of hydrogen-bond acceptors (Lipinski definition) is 2. The number of benzene rings is 2. The summed E-state index contributed by atoms with van der Waals surface area (Å²) < 4.78 is 121. The Labute approximate surface area is 132 Å². The number of rotatable bonds is 2. The van der Waals surface area contributed by atoms with Crippen molar-refractivity contribution in [2.75, 3.05) is 0 Å². The molecule has 0 fully saturated rings. The van der Waals surface area contributed by atoms with Crippen LogP contribution in [0, 0.1) is 34.9 Å². The smallest absolute Gasteiger partial charge is 0.419 e. The Morgan fingerprint density at radius 1 is 0.800 bits per heavy atom. The van der Waals surface area contributed by atoms with E-state index in [-0.39, 0.29) is 12.1 Å². The van der Waals surface area contributed by atoms with Crippen LogP contribution in [0.4, 0.5) is 39.5 Å². The third-order valence-corrected chi connectivity index (χ3v) is 2.87. The lowest BCUT2D eigenvalue weighted by atomic mass is 10.1. The molecule has 0 bridgehead atoms. The quantitative estimate of drug-likeness (QED) is 0.249. The summed E-state index contributed by atoms with van der Waals surface area (Å²) in [5.41, 5.74) is -3.87. The van der Waals surface area contributed by atoms with Crippen LogP contribution >= 0.6 is 0 Å². The van der Waals surface area contributed by atoms with Gasteiger partial charge in [-0.3, -0.25) is 0 Å². The van der Waals surface area contributed by atoms with Crippen molar-refractivity contribution in [2.45, 2.75) is 6.18 Å². The highest BCUT2D eigenvalue weighted by Crippen LogP contribution is 2.34. The van der Waals surface area contributed by atoms with E-state index >= 15 is 0 Å². The average molecular weight is 374 g/mol. The van der Waals surface area contributed by atoms with Crippen molar-refractivity contribution in [1.29, 1.82) is 0 Å². The van der Waals surface area contributed by atoms with Crippen molar-refractivity contribution in [3.63, 3.8) is 0 Å². The van der Waals surface area contributed by atoms with Crippen LogP contribution in [0.3, 0.4) is 0 Å². The number of halogens is 9. The number of hydrogen-bond donors (Lipinski definition) is 0. The Hall–Kier alpha value is -2.72. The lowest BCUT2D eigenvalue weighted by Gasteiger charge is -2.11. The molecular weight excluding hydrogens is 371 g/mol. The Bertz CT molecular complexity index is 829. The summed E-state index contributed by atoms with van der Waals surface area (Å²) in [6, 6.07) is 0.720. The Kier molecular flexibility index (Phi) is 4.69. The van der Waals surface area contributed by atoms with E-state index < -0.39 is 63.9 Å². The third-order valence-electron chi connectivity index (χ3n) is 2.87. The van der Waals surface area contributed by atoms with E-state index in [2.05, 4.69) is 4.74 Å². The molecule has 0 amide bonds. The van der Waals surface area contributed by atoms with E-state index in [1.165, 1.54) is 0 Å². The molecule has 0 aromatic heterocycles. The minimum absolute atomic E-state index is 0.0146. The predicted octanol–water partition coefficient (Wildman–Crippen LogP) is 4.76. The first-order chi connectivity index (χ1) is 11.4. The molecule has 2 aromatic carbocycles. The Balaban J connectivity index is 2.46. The van der Waals surface area contributed by atoms with Crippen LogP contribution in [0.15, 0.2) is 18.2 Å². The predicted molar refractivity (Wildman–Crippen MR) is 62.6 cm³/mol. The van der Waals surface area contributed by atoms with Gasteiger partial charge < -0.3 is 4.74 Å². The molecule has 11 heteroatoms. The highest BCUT2D eigenvalue weighted by atomic mass is 19.4. The molecule has 2 aromatic rings. The van der Waals surface area contributed by atoms with Gasteiger partial charge in [-0.15, -0.1) is 0 Å². The number of esters is 1. The topological polar surface area (TPSA) is 26.3 Å². The third kappa shape index (κ3) is 3.39. The van der Waals surface area contributed by atoms with E-state index in [0.29, 0.717) is 6.07 Å². The number of carbonyl (C=O) groups excluding carboxylic acids is 1. The molecule has 25 heavy (non-hydrogen) atoms. The number of alkyl halides is 3. The number of carbonyl (C=O) groups is 1. The lowest BCUT2D eigenvalue weighted by molar-refractivity contribution is -0.140. The van der Waals surface area contributed by atoms with E-state index in [1.807, 2.05) is 0 Å². The highest BCUT2D eigenvalue weighted by molar-refractivity contribution is 5.91. The molecule has 0 heterocycles. The van der Waals surface area contributed by atoms with Gasteiger partial charge in [-0.05, 0) is 18.2 Å². The van der Waals surface area contributed by atoms with Gasteiger partial charge >= 0.3 is 12.1 Å². The molecular formula is C14H3F9O2. The summed E-state index contributed by atoms with van der Waals surface area (Å²) in [5.74, 6) is -17.4. The SMILES string of the molecule is O=C(Oc1ccc(F)c(C(F)(F)F)c1)c1c(F)c(F)c(F)c(F)c1F. The second-order valence-electron chi connectivity index (χ2n) is 4.47. The first kappa shape index (κ1) is 18.6. The molecule has 0 aliphatic rings. The first-order valence-corrected chi connectivity index (χ1v) is 6.05. The summed E-state index contributed by atoms with van der Waals surface area (Å²) >= 11 is 0. The summed E-state index contributed by atoms with van der Waals surface area (Å²) in [6.07, 6.45) is -5.18. The van der Waals surface area contributed by atoms with E-state index in [1.54, 1.807) is 0 Å². The standard InChI is InChI=1S/C14H3F9O2/c15-6-2-1-4(3-5(6)14(21,22)23)25-13(24)7-8(16)10(18)12(20)11(19)9(7)17/h1-3H. The zero-order chi connectivity index (χ0) is 19.1. The maximum absolute atomic E-state index is 13.4.